The molecule has 60 valence electrons. The summed E-state index contributed by atoms with van der Waals surface area (Å²) in [5.74, 6) is 1.27. The molecule has 1 amide bonds. The third-order valence-electron chi connectivity index (χ3n) is 0.861. The van der Waals surface area contributed by atoms with Gasteiger partial charge in [0.2, 0.25) is 5.91 Å². The van der Waals surface area contributed by atoms with Crippen LogP contribution in [0.5, 0.6) is 0 Å². The standard InChI is InChI=1S/C6H13N2OS/c1-5(7)4-10-3-2-6(8)9/h5,7H,2-4H2,1H3,(H2,8,9)/q-1. The van der Waals surface area contributed by atoms with Gasteiger partial charge in [0, 0.05) is 12.2 Å². The second-order valence-electron chi connectivity index (χ2n) is 2.19. The van der Waals surface area contributed by atoms with Crippen molar-refractivity contribution >= 4 is 17.7 Å². The molecule has 0 radical (unpaired) electrons. The Morgan fingerprint density at radius 1 is 1.80 bits per heavy atom. The van der Waals surface area contributed by atoms with Crippen LogP contribution in [0.15, 0.2) is 0 Å². The number of thioether (sulfide) groups is 1. The summed E-state index contributed by atoms with van der Waals surface area (Å²) in [5.41, 5.74) is 12.0. The zero-order valence-corrected chi connectivity index (χ0v) is 6.91. The molecular formula is C6H13N2OS-. The minimum Gasteiger partial charge on any atom is -0.674 e. The lowest BCUT2D eigenvalue weighted by molar-refractivity contribution is -0.117. The maximum atomic E-state index is 10.2. The van der Waals surface area contributed by atoms with E-state index in [1.165, 1.54) is 0 Å². The van der Waals surface area contributed by atoms with E-state index in [-0.39, 0.29) is 11.9 Å². The highest BCUT2D eigenvalue weighted by Gasteiger charge is 1.93. The van der Waals surface area contributed by atoms with E-state index >= 15 is 0 Å². The van der Waals surface area contributed by atoms with Gasteiger partial charge in [0.1, 0.15) is 0 Å². The topological polar surface area (TPSA) is 66.9 Å². The normalized spacial score (nSPS) is 13.0. The van der Waals surface area contributed by atoms with Crippen LogP contribution < -0.4 is 5.73 Å². The Hall–Kier alpha value is -0.220. The molecule has 0 aromatic rings. The minimum absolute atomic E-state index is 0.0436. The molecule has 10 heavy (non-hydrogen) atoms. The average Bonchev–Trinajstić information content (AvgIpc) is 1.79. The largest absolute Gasteiger partial charge is 0.674 e. The average molecular weight is 161 g/mol. The van der Waals surface area contributed by atoms with Crippen molar-refractivity contribution in [2.24, 2.45) is 5.73 Å². The van der Waals surface area contributed by atoms with Crippen LogP contribution in [0.3, 0.4) is 0 Å². The highest BCUT2D eigenvalue weighted by molar-refractivity contribution is 7.99. The van der Waals surface area contributed by atoms with Crippen LogP contribution in [-0.2, 0) is 4.79 Å². The van der Waals surface area contributed by atoms with E-state index in [1.807, 2.05) is 6.92 Å². The lowest BCUT2D eigenvalue weighted by atomic mass is 10.4. The van der Waals surface area contributed by atoms with Gasteiger partial charge in [-0.15, -0.1) is 6.04 Å². The summed E-state index contributed by atoms with van der Waals surface area (Å²) >= 11 is 1.60. The number of carbonyl (C=O) groups excluding carboxylic acids is 1. The van der Waals surface area contributed by atoms with E-state index in [4.69, 9.17) is 11.5 Å². The van der Waals surface area contributed by atoms with Crippen molar-refractivity contribution in [3.05, 3.63) is 5.73 Å². The van der Waals surface area contributed by atoms with Gasteiger partial charge in [-0.3, -0.25) is 4.79 Å². The third kappa shape index (κ3) is 7.78. The van der Waals surface area contributed by atoms with Crippen LogP contribution in [0.2, 0.25) is 0 Å². The summed E-state index contributed by atoms with van der Waals surface area (Å²) in [6.07, 6.45) is 0.428. The van der Waals surface area contributed by atoms with Gasteiger partial charge in [0.25, 0.3) is 0 Å². The predicted molar refractivity (Wildman–Crippen MR) is 44.9 cm³/mol. The summed E-state index contributed by atoms with van der Waals surface area (Å²) in [6, 6.07) is -0.0436. The van der Waals surface area contributed by atoms with Crippen LogP contribution in [0.4, 0.5) is 0 Å². The van der Waals surface area contributed by atoms with Crippen LogP contribution in [0, 0.1) is 0 Å². The van der Waals surface area contributed by atoms with Gasteiger partial charge in [0.05, 0.1) is 0 Å². The molecule has 0 fully saturated rings. The third-order valence-corrected chi connectivity index (χ3v) is 2.09. The number of hydrogen-bond acceptors (Lipinski definition) is 2. The highest BCUT2D eigenvalue weighted by atomic mass is 32.2. The van der Waals surface area contributed by atoms with E-state index in [2.05, 4.69) is 0 Å². The number of nitrogens with one attached hydrogen (secondary N) is 1. The Morgan fingerprint density at radius 3 is 2.80 bits per heavy atom. The molecule has 0 spiro atoms. The number of nitrogens with two attached hydrogens (primary N) is 1. The molecule has 3 N–H and O–H groups in total. The maximum absolute atomic E-state index is 10.2. The molecule has 0 rings (SSSR count). The van der Waals surface area contributed by atoms with Gasteiger partial charge in [0.15, 0.2) is 0 Å². The van der Waals surface area contributed by atoms with Gasteiger partial charge in [-0.05, 0) is 5.75 Å². The van der Waals surface area contributed by atoms with Crippen LogP contribution in [0.1, 0.15) is 13.3 Å². The molecule has 0 saturated carbocycles. The molecule has 0 aliphatic carbocycles. The van der Waals surface area contributed by atoms with E-state index < -0.39 is 0 Å². The van der Waals surface area contributed by atoms with Crippen LogP contribution in [-0.4, -0.2) is 23.5 Å². The Labute approximate surface area is 65.5 Å². The molecule has 0 aliphatic rings. The van der Waals surface area contributed by atoms with Crippen molar-refractivity contribution in [1.82, 2.24) is 0 Å². The van der Waals surface area contributed by atoms with Gasteiger partial charge in [-0.2, -0.15) is 11.8 Å². The van der Waals surface area contributed by atoms with E-state index in [0.29, 0.717) is 6.42 Å². The number of hydrogen-bond donors (Lipinski definition) is 1. The molecule has 0 heterocycles. The smallest absolute Gasteiger partial charge is 0.218 e. The summed E-state index contributed by atoms with van der Waals surface area (Å²) in [6.45, 7) is 1.83. The fourth-order valence-corrected chi connectivity index (χ4v) is 1.30. The predicted octanol–water partition coefficient (Wildman–Crippen LogP) is 1.04. The SMILES string of the molecule is CC([NH-])CSCCC(N)=O. The Bertz CT molecular complexity index is 106. The Balaban J connectivity index is 2.98. The molecule has 0 aliphatic heterocycles. The first-order valence-electron chi connectivity index (χ1n) is 3.20. The van der Waals surface area contributed by atoms with Crippen LogP contribution in [0.25, 0.3) is 5.73 Å². The second kappa shape index (κ2) is 5.56. The van der Waals surface area contributed by atoms with Crippen LogP contribution >= 0.6 is 11.8 Å². The molecule has 1 atom stereocenters. The monoisotopic (exact) mass is 161 g/mol. The van der Waals surface area contributed by atoms with Gasteiger partial charge in [-0.1, -0.05) is 6.92 Å². The Morgan fingerprint density at radius 2 is 2.40 bits per heavy atom. The van der Waals surface area contributed by atoms with Crippen molar-refractivity contribution in [3.63, 3.8) is 0 Å². The van der Waals surface area contributed by atoms with Gasteiger partial charge < -0.3 is 11.5 Å². The van der Waals surface area contributed by atoms with E-state index in [1.54, 1.807) is 11.8 Å². The van der Waals surface area contributed by atoms with E-state index in [0.717, 1.165) is 11.5 Å². The molecule has 0 saturated heterocycles. The fourth-order valence-electron chi connectivity index (χ4n) is 0.433. The summed E-state index contributed by atoms with van der Waals surface area (Å²) in [4.78, 5) is 10.2. The van der Waals surface area contributed by atoms with Crippen molar-refractivity contribution in [2.75, 3.05) is 11.5 Å². The summed E-state index contributed by atoms with van der Waals surface area (Å²) < 4.78 is 0. The van der Waals surface area contributed by atoms with Crippen molar-refractivity contribution < 1.29 is 4.79 Å². The second-order valence-corrected chi connectivity index (χ2v) is 3.34. The first-order chi connectivity index (χ1) is 4.63. The van der Waals surface area contributed by atoms with Gasteiger partial charge in [-0.25, -0.2) is 0 Å². The number of primary amides is 1. The maximum Gasteiger partial charge on any atom is 0.218 e. The lowest BCUT2D eigenvalue weighted by Crippen LogP contribution is -2.11. The first kappa shape index (κ1) is 9.78. The lowest BCUT2D eigenvalue weighted by Gasteiger charge is -2.11. The van der Waals surface area contributed by atoms with Gasteiger partial charge >= 0.3 is 0 Å². The highest BCUT2D eigenvalue weighted by Crippen LogP contribution is 2.05. The molecule has 4 heteroatoms. The molecule has 1 unspecified atom stereocenters. The molecule has 0 bridgehead atoms. The van der Waals surface area contributed by atoms with Crippen molar-refractivity contribution in [1.29, 1.82) is 0 Å². The number of rotatable bonds is 5. The number of carbonyl (C=O) groups is 1. The number of amides is 1. The molecule has 0 aromatic heterocycles. The zero-order valence-electron chi connectivity index (χ0n) is 6.09. The fraction of sp³-hybridized carbons (Fsp3) is 0.833. The van der Waals surface area contributed by atoms with Crippen molar-refractivity contribution in [2.45, 2.75) is 19.4 Å². The zero-order chi connectivity index (χ0) is 7.98. The first-order valence-corrected chi connectivity index (χ1v) is 4.35. The molecule has 0 aromatic carbocycles. The van der Waals surface area contributed by atoms with E-state index in [9.17, 15) is 4.79 Å². The summed E-state index contributed by atoms with van der Waals surface area (Å²) in [5, 5.41) is 0. The molecular weight excluding hydrogens is 148 g/mol. The molecule has 3 nitrogen and oxygen atoms in total. The quantitative estimate of drug-likeness (QED) is 0.612. The minimum atomic E-state index is -0.259. The summed E-state index contributed by atoms with van der Waals surface area (Å²) in [7, 11) is 0. The van der Waals surface area contributed by atoms with Crippen molar-refractivity contribution in [3.8, 4) is 0 Å². The Kier molecular flexibility index (Phi) is 5.43.